The SMILES string of the molecule is Nc1ncoc1-c1cccnc1. The minimum Gasteiger partial charge on any atom is -0.441 e. The van der Waals surface area contributed by atoms with Gasteiger partial charge in [0.05, 0.1) is 0 Å². The summed E-state index contributed by atoms with van der Waals surface area (Å²) in [5, 5.41) is 0. The predicted molar refractivity (Wildman–Crippen MR) is 44.1 cm³/mol. The van der Waals surface area contributed by atoms with E-state index in [2.05, 4.69) is 9.97 Å². The number of nitrogen functional groups attached to an aromatic ring is 1. The average Bonchev–Trinajstić information content (AvgIpc) is 2.53. The molecule has 0 saturated heterocycles. The van der Waals surface area contributed by atoms with Gasteiger partial charge < -0.3 is 10.2 Å². The minimum atomic E-state index is 0.392. The van der Waals surface area contributed by atoms with Crippen molar-refractivity contribution in [3.8, 4) is 11.3 Å². The second-order valence-corrected chi connectivity index (χ2v) is 2.31. The van der Waals surface area contributed by atoms with E-state index in [0.29, 0.717) is 11.6 Å². The molecular weight excluding hydrogens is 154 g/mol. The summed E-state index contributed by atoms with van der Waals surface area (Å²) in [6.45, 7) is 0. The van der Waals surface area contributed by atoms with Crippen molar-refractivity contribution in [2.24, 2.45) is 0 Å². The van der Waals surface area contributed by atoms with Crippen LogP contribution in [0, 0.1) is 0 Å². The van der Waals surface area contributed by atoms with Crippen LogP contribution in [0.15, 0.2) is 35.3 Å². The van der Waals surface area contributed by atoms with E-state index >= 15 is 0 Å². The van der Waals surface area contributed by atoms with E-state index < -0.39 is 0 Å². The Hall–Kier alpha value is -1.84. The number of hydrogen-bond donors (Lipinski definition) is 1. The number of oxazole rings is 1. The summed E-state index contributed by atoms with van der Waals surface area (Å²) in [6, 6.07) is 3.68. The van der Waals surface area contributed by atoms with Crippen LogP contribution in [0.3, 0.4) is 0 Å². The first-order valence-corrected chi connectivity index (χ1v) is 3.47. The molecule has 2 aromatic heterocycles. The monoisotopic (exact) mass is 161 g/mol. The molecule has 0 amide bonds. The van der Waals surface area contributed by atoms with Crippen LogP contribution in [-0.4, -0.2) is 9.97 Å². The Morgan fingerprint density at radius 1 is 1.42 bits per heavy atom. The van der Waals surface area contributed by atoms with Crippen LogP contribution in [0.1, 0.15) is 0 Å². The zero-order chi connectivity index (χ0) is 8.39. The normalized spacial score (nSPS) is 10.0. The highest BCUT2D eigenvalue weighted by molar-refractivity contribution is 5.66. The zero-order valence-electron chi connectivity index (χ0n) is 6.27. The van der Waals surface area contributed by atoms with E-state index in [0.717, 1.165) is 5.56 Å². The van der Waals surface area contributed by atoms with Crippen LogP contribution in [-0.2, 0) is 0 Å². The molecule has 0 spiro atoms. The quantitative estimate of drug-likeness (QED) is 0.685. The highest BCUT2D eigenvalue weighted by atomic mass is 16.3. The lowest BCUT2D eigenvalue weighted by atomic mass is 10.2. The lowest BCUT2D eigenvalue weighted by Gasteiger charge is -1.94. The van der Waals surface area contributed by atoms with Crippen LogP contribution in [0.5, 0.6) is 0 Å². The minimum absolute atomic E-state index is 0.392. The second kappa shape index (κ2) is 2.65. The molecule has 4 nitrogen and oxygen atoms in total. The first kappa shape index (κ1) is 6.84. The number of nitrogens with zero attached hydrogens (tertiary/aromatic N) is 2. The first-order valence-electron chi connectivity index (χ1n) is 3.47. The molecule has 0 aliphatic carbocycles. The Balaban J connectivity index is 2.51. The maximum absolute atomic E-state index is 5.54. The van der Waals surface area contributed by atoms with Gasteiger partial charge >= 0.3 is 0 Å². The molecule has 0 saturated carbocycles. The first-order chi connectivity index (χ1) is 5.88. The molecule has 2 rings (SSSR count). The van der Waals surface area contributed by atoms with Gasteiger partial charge in [0.25, 0.3) is 0 Å². The van der Waals surface area contributed by atoms with Gasteiger partial charge in [-0.3, -0.25) is 4.98 Å². The molecule has 0 bridgehead atoms. The fraction of sp³-hybridized carbons (Fsp3) is 0. The van der Waals surface area contributed by atoms with Gasteiger partial charge in [-0.25, -0.2) is 0 Å². The van der Waals surface area contributed by atoms with Crippen molar-refractivity contribution in [3.05, 3.63) is 30.9 Å². The third kappa shape index (κ3) is 1.03. The molecule has 60 valence electrons. The molecule has 2 heterocycles. The van der Waals surface area contributed by atoms with Gasteiger partial charge in [0.1, 0.15) is 0 Å². The third-order valence-electron chi connectivity index (χ3n) is 1.52. The van der Waals surface area contributed by atoms with Gasteiger partial charge in [0.15, 0.2) is 18.0 Å². The van der Waals surface area contributed by atoms with Gasteiger partial charge in [-0.2, -0.15) is 4.98 Å². The summed E-state index contributed by atoms with van der Waals surface area (Å²) < 4.78 is 5.07. The highest BCUT2D eigenvalue weighted by Crippen LogP contribution is 2.22. The molecular formula is C8H7N3O. The Kier molecular flexibility index (Phi) is 1.51. The summed E-state index contributed by atoms with van der Waals surface area (Å²) >= 11 is 0. The average molecular weight is 161 g/mol. The lowest BCUT2D eigenvalue weighted by Crippen LogP contribution is -1.87. The third-order valence-corrected chi connectivity index (χ3v) is 1.52. The smallest absolute Gasteiger partial charge is 0.183 e. The van der Waals surface area contributed by atoms with Gasteiger partial charge in [0, 0.05) is 18.0 Å². The summed E-state index contributed by atoms with van der Waals surface area (Å²) in [7, 11) is 0. The molecule has 2 N–H and O–H groups in total. The number of hydrogen-bond acceptors (Lipinski definition) is 4. The summed E-state index contributed by atoms with van der Waals surface area (Å²) in [5.41, 5.74) is 6.38. The van der Waals surface area contributed by atoms with Gasteiger partial charge in [-0.1, -0.05) is 0 Å². The van der Waals surface area contributed by atoms with Crippen molar-refractivity contribution in [2.45, 2.75) is 0 Å². The molecule has 0 unspecified atom stereocenters. The van der Waals surface area contributed by atoms with Crippen molar-refractivity contribution >= 4 is 5.82 Å². The van der Waals surface area contributed by atoms with Crippen molar-refractivity contribution in [1.82, 2.24) is 9.97 Å². The molecule has 0 atom stereocenters. The van der Waals surface area contributed by atoms with Crippen LogP contribution >= 0.6 is 0 Å². The van der Waals surface area contributed by atoms with Gasteiger partial charge in [-0.05, 0) is 12.1 Å². The Morgan fingerprint density at radius 2 is 2.33 bits per heavy atom. The summed E-state index contributed by atoms with van der Waals surface area (Å²) in [4.78, 5) is 7.71. The standard InChI is InChI=1S/C8H7N3O/c9-8-7(12-5-11-8)6-2-1-3-10-4-6/h1-5H,9H2. The molecule has 12 heavy (non-hydrogen) atoms. The van der Waals surface area contributed by atoms with E-state index in [1.165, 1.54) is 6.39 Å². The Bertz CT molecular complexity index is 369. The predicted octanol–water partition coefficient (Wildman–Crippen LogP) is 1.32. The van der Waals surface area contributed by atoms with E-state index in [9.17, 15) is 0 Å². The van der Waals surface area contributed by atoms with E-state index in [1.54, 1.807) is 12.4 Å². The van der Waals surface area contributed by atoms with Crippen molar-refractivity contribution in [1.29, 1.82) is 0 Å². The number of pyridine rings is 1. The maximum atomic E-state index is 5.54. The number of rotatable bonds is 1. The molecule has 0 aliphatic heterocycles. The van der Waals surface area contributed by atoms with Gasteiger partial charge in [0.2, 0.25) is 0 Å². The van der Waals surface area contributed by atoms with Crippen molar-refractivity contribution in [3.63, 3.8) is 0 Å². The Morgan fingerprint density at radius 3 is 2.92 bits per heavy atom. The van der Waals surface area contributed by atoms with E-state index in [1.807, 2.05) is 12.1 Å². The topological polar surface area (TPSA) is 64.9 Å². The van der Waals surface area contributed by atoms with Crippen LogP contribution < -0.4 is 5.73 Å². The fourth-order valence-corrected chi connectivity index (χ4v) is 0.968. The molecule has 0 fully saturated rings. The van der Waals surface area contributed by atoms with Crippen molar-refractivity contribution < 1.29 is 4.42 Å². The van der Waals surface area contributed by atoms with E-state index in [4.69, 9.17) is 10.2 Å². The molecule has 0 aromatic carbocycles. The second-order valence-electron chi connectivity index (χ2n) is 2.31. The summed E-state index contributed by atoms with van der Waals surface area (Å²) in [6.07, 6.45) is 4.69. The molecule has 0 radical (unpaired) electrons. The number of nitrogens with two attached hydrogens (primary N) is 1. The molecule has 2 aromatic rings. The van der Waals surface area contributed by atoms with Crippen LogP contribution in [0.25, 0.3) is 11.3 Å². The van der Waals surface area contributed by atoms with Crippen molar-refractivity contribution in [2.75, 3.05) is 5.73 Å². The number of aromatic nitrogens is 2. The van der Waals surface area contributed by atoms with Gasteiger partial charge in [-0.15, -0.1) is 0 Å². The lowest BCUT2D eigenvalue weighted by molar-refractivity contribution is 0.572. The van der Waals surface area contributed by atoms with Crippen LogP contribution in [0.2, 0.25) is 0 Å². The fourth-order valence-electron chi connectivity index (χ4n) is 0.968. The maximum Gasteiger partial charge on any atom is 0.183 e. The zero-order valence-corrected chi connectivity index (χ0v) is 6.27. The molecule has 4 heteroatoms. The van der Waals surface area contributed by atoms with E-state index in [-0.39, 0.29) is 0 Å². The Labute approximate surface area is 69.1 Å². The number of anilines is 1. The largest absolute Gasteiger partial charge is 0.441 e. The van der Waals surface area contributed by atoms with Crippen LogP contribution in [0.4, 0.5) is 5.82 Å². The highest BCUT2D eigenvalue weighted by Gasteiger charge is 2.05. The summed E-state index contributed by atoms with van der Waals surface area (Å²) in [5.74, 6) is 0.964. The molecule has 0 aliphatic rings.